The molecule has 0 saturated heterocycles. The van der Waals surface area contributed by atoms with Crippen LogP contribution in [0.5, 0.6) is 0 Å². The first kappa shape index (κ1) is 15.3. The molecular weight excluding hydrogens is 340 g/mol. The molecule has 5 aromatic carbocycles. The molecule has 132 valence electrons. The van der Waals surface area contributed by atoms with Crippen molar-refractivity contribution in [1.82, 2.24) is 4.57 Å². The van der Waals surface area contributed by atoms with Gasteiger partial charge in [0.25, 0.3) is 0 Å². The minimum atomic E-state index is 1.10. The first-order valence-electron chi connectivity index (χ1n) is 9.56. The molecule has 0 radical (unpaired) electrons. The van der Waals surface area contributed by atoms with E-state index in [1.54, 1.807) is 0 Å². The molecule has 0 aliphatic carbocycles. The van der Waals surface area contributed by atoms with Crippen LogP contribution in [-0.2, 0) is 0 Å². The second kappa shape index (κ2) is 5.86. The van der Waals surface area contributed by atoms with Gasteiger partial charge >= 0.3 is 0 Å². The molecule has 0 fully saturated rings. The zero-order valence-corrected chi connectivity index (χ0v) is 15.3. The summed E-state index contributed by atoms with van der Waals surface area (Å²) in [5.41, 5.74) is 5.92. The van der Waals surface area contributed by atoms with Crippen molar-refractivity contribution in [3.05, 3.63) is 103 Å². The highest BCUT2D eigenvalue weighted by Gasteiger charge is 2.17. The quantitative estimate of drug-likeness (QED) is 0.333. The second-order valence-corrected chi connectivity index (χ2v) is 7.16. The van der Waals surface area contributed by atoms with Crippen LogP contribution in [0.4, 0.5) is 11.4 Å². The van der Waals surface area contributed by atoms with Crippen molar-refractivity contribution >= 4 is 44.0 Å². The molecule has 1 heterocycles. The van der Waals surface area contributed by atoms with Gasteiger partial charge in [-0.1, -0.05) is 60.7 Å². The number of hydrogen-bond donors (Lipinski definition) is 1. The van der Waals surface area contributed by atoms with E-state index in [0.717, 1.165) is 11.4 Å². The van der Waals surface area contributed by atoms with Gasteiger partial charge in [-0.15, -0.1) is 0 Å². The molecule has 28 heavy (non-hydrogen) atoms. The number of rotatable bonds is 3. The van der Waals surface area contributed by atoms with Crippen LogP contribution in [0.3, 0.4) is 0 Å². The third-order valence-corrected chi connectivity index (χ3v) is 5.53. The number of nitrogens with one attached hydrogen (secondary N) is 1. The van der Waals surface area contributed by atoms with E-state index in [4.69, 9.17) is 0 Å². The van der Waals surface area contributed by atoms with E-state index in [1.807, 2.05) is 6.07 Å². The average molecular weight is 358 g/mol. The van der Waals surface area contributed by atoms with Crippen molar-refractivity contribution in [2.24, 2.45) is 0 Å². The maximum atomic E-state index is 3.60. The van der Waals surface area contributed by atoms with E-state index in [1.165, 1.54) is 38.3 Å². The Kier molecular flexibility index (Phi) is 3.20. The molecule has 6 rings (SSSR count). The Morgan fingerprint density at radius 3 is 2.11 bits per heavy atom. The summed E-state index contributed by atoms with van der Waals surface area (Å²) in [6.45, 7) is 0. The lowest BCUT2D eigenvalue weighted by atomic mass is 10.0. The first-order valence-corrected chi connectivity index (χ1v) is 9.56. The topological polar surface area (TPSA) is 17.0 Å². The van der Waals surface area contributed by atoms with Crippen LogP contribution in [0, 0.1) is 0 Å². The summed E-state index contributed by atoms with van der Waals surface area (Å²) in [6.07, 6.45) is 0. The molecule has 0 aliphatic rings. The molecule has 1 aromatic heterocycles. The van der Waals surface area contributed by atoms with E-state index in [2.05, 4.69) is 107 Å². The van der Waals surface area contributed by atoms with Crippen molar-refractivity contribution in [3.8, 4) is 5.69 Å². The Hall–Kier alpha value is -3.78. The maximum absolute atomic E-state index is 3.60. The Bertz CT molecular complexity index is 1410. The van der Waals surface area contributed by atoms with Crippen LogP contribution >= 0.6 is 0 Å². The highest BCUT2D eigenvalue weighted by Crippen LogP contribution is 2.41. The highest BCUT2D eigenvalue weighted by atomic mass is 15.0. The summed E-state index contributed by atoms with van der Waals surface area (Å²) in [6, 6.07) is 36.4. The zero-order valence-electron chi connectivity index (χ0n) is 15.3. The summed E-state index contributed by atoms with van der Waals surface area (Å²) in [4.78, 5) is 0. The van der Waals surface area contributed by atoms with Crippen LogP contribution in [-0.4, -0.2) is 4.57 Å². The molecule has 0 spiro atoms. The fraction of sp³-hybridized carbons (Fsp3) is 0. The predicted octanol–water partition coefficient (Wildman–Crippen LogP) is 7.12. The van der Waals surface area contributed by atoms with E-state index in [0.29, 0.717) is 0 Å². The van der Waals surface area contributed by atoms with Crippen molar-refractivity contribution in [3.63, 3.8) is 0 Å². The molecule has 0 amide bonds. The molecule has 2 nitrogen and oxygen atoms in total. The Morgan fingerprint density at radius 1 is 0.536 bits per heavy atom. The van der Waals surface area contributed by atoms with Gasteiger partial charge in [0.2, 0.25) is 0 Å². The Morgan fingerprint density at radius 2 is 1.29 bits per heavy atom. The minimum Gasteiger partial charge on any atom is -0.355 e. The molecule has 6 aromatic rings. The maximum Gasteiger partial charge on any atom is 0.0548 e. The number of aromatic nitrogens is 1. The second-order valence-electron chi connectivity index (χ2n) is 7.16. The first-order chi connectivity index (χ1) is 13.9. The lowest BCUT2D eigenvalue weighted by Crippen LogP contribution is -1.94. The monoisotopic (exact) mass is 358 g/mol. The van der Waals surface area contributed by atoms with Crippen LogP contribution in [0.1, 0.15) is 0 Å². The normalized spacial score (nSPS) is 11.6. The van der Waals surface area contributed by atoms with Gasteiger partial charge in [0, 0.05) is 33.2 Å². The molecule has 2 heteroatoms. The van der Waals surface area contributed by atoms with Crippen LogP contribution in [0.15, 0.2) is 103 Å². The summed E-state index contributed by atoms with van der Waals surface area (Å²) in [7, 11) is 0. The van der Waals surface area contributed by atoms with Gasteiger partial charge in [0.05, 0.1) is 11.0 Å². The van der Waals surface area contributed by atoms with Crippen molar-refractivity contribution in [2.75, 3.05) is 5.32 Å². The van der Waals surface area contributed by atoms with Gasteiger partial charge in [0.1, 0.15) is 0 Å². The summed E-state index contributed by atoms with van der Waals surface area (Å²) in [5.74, 6) is 0. The van der Waals surface area contributed by atoms with Crippen molar-refractivity contribution in [2.45, 2.75) is 0 Å². The molecular formula is C26H18N2. The highest BCUT2D eigenvalue weighted by molar-refractivity contribution is 6.26. The molecule has 0 aliphatic heterocycles. The molecule has 0 saturated carbocycles. The number of nitrogens with zero attached hydrogens (tertiary/aromatic N) is 1. The van der Waals surface area contributed by atoms with Crippen molar-refractivity contribution in [1.29, 1.82) is 0 Å². The standard InChI is InChI=1S/C26H18N2/c1-3-9-19(10-4-1)27-22-16-17-24-26-21(22)15-14-18-8-7-13-23(25(18)26)28(24)20-11-5-2-6-12-20/h1-17,27H. The fourth-order valence-corrected chi connectivity index (χ4v) is 4.33. The Labute approximate surface area is 163 Å². The van der Waals surface area contributed by atoms with E-state index >= 15 is 0 Å². The van der Waals surface area contributed by atoms with E-state index in [-0.39, 0.29) is 0 Å². The lowest BCUT2D eigenvalue weighted by Gasteiger charge is -2.11. The molecule has 0 atom stereocenters. The van der Waals surface area contributed by atoms with Gasteiger partial charge in [-0.2, -0.15) is 0 Å². The number of benzene rings is 5. The van der Waals surface area contributed by atoms with Crippen LogP contribution in [0.25, 0.3) is 38.3 Å². The van der Waals surface area contributed by atoms with Crippen LogP contribution < -0.4 is 5.32 Å². The summed E-state index contributed by atoms with van der Waals surface area (Å²) < 4.78 is 2.37. The summed E-state index contributed by atoms with van der Waals surface area (Å²) in [5, 5.41) is 8.77. The van der Waals surface area contributed by atoms with Gasteiger partial charge in [-0.05, 0) is 47.9 Å². The lowest BCUT2D eigenvalue weighted by molar-refractivity contribution is 1.18. The minimum absolute atomic E-state index is 1.10. The van der Waals surface area contributed by atoms with Gasteiger partial charge in [-0.3, -0.25) is 0 Å². The fourth-order valence-electron chi connectivity index (χ4n) is 4.33. The predicted molar refractivity (Wildman–Crippen MR) is 119 cm³/mol. The number of hydrogen-bond acceptors (Lipinski definition) is 1. The molecule has 0 unspecified atom stereocenters. The Balaban J connectivity index is 1.70. The molecule has 0 bridgehead atoms. The van der Waals surface area contributed by atoms with Gasteiger partial charge in [-0.25, -0.2) is 0 Å². The smallest absolute Gasteiger partial charge is 0.0548 e. The van der Waals surface area contributed by atoms with Crippen molar-refractivity contribution < 1.29 is 0 Å². The molecule has 1 N–H and O–H groups in total. The van der Waals surface area contributed by atoms with E-state index < -0.39 is 0 Å². The zero-order chi connectivity index (χ0) is 18.5. The van der Waals surface area contributed by atoms with Gasteiger partial charge in [0.15, 0.2) is 0 Å². The largest absolute Gasteiger partial charge is 0.355 e. The third-order valence-electron chi connectivity index (χ3n) is 5.53. The number of para-hydroxylation sites is 2. The van der Waals surface area contributed by atoms with Gasteiger partial charge < -0.3 is 9.88 Å². The average Bonchev–Trinajstić information content (AvgIpc) is 3.10. The SMILES string of the molecule is c1ccc(Nc2ccc3c4c2ccc2cccc(c24)n3-c2ccccc2)cc1. The number of anilines is 2. The van der Waals surface area contributed by atoms with Crippen LogP contribution in [0.2, 0.25) is 0 Å². The summed E-state index contributed by atoms with van der Waals surface area (Å²) >= 11 is 0. The third kappa shape index (κ3) is 2.15. The van der Waals surface area contributed by atoms with E-state index in [9.17, 15) is 0 Å².